The zero-order valence-corrected chi connectivity index (χ0v) is 29.3. The summed E-state index contributed by atoms with van der Waals surface area (Å²) in [6.45, 7) is 0. The molecule has 0 aliphatic carbocycles. The van der Waals surface area contributed by atoms with E-state index in [9.17, 15) is 0 Å². The molecule has 1 heterocycles. The molecular weight excluding hydrogens is 687 g/mol. The van der Waals surface area contributed by atoms with Crippen LogP contribution >= 0.6 is 22.5 Å². The first-order valence-corrected chi connectivity index (χ1v) is 20.2. The van der Waals surface area contributed by atoms with E-state index in [4.69, 9.17) is 54.6 Å². The number of anilines is 4. The Balaban J connectivity index is 1.61. The molecule has 0 atom stereocenters. The third-order valence-corrected chi connectivity index (χ3v) is 16.9. The molecule has 0 saturated carbocycles. The number of hydrogen-bond donors (Lipinski definition) is 4. The predicted octanol–water partition coefficient (Wildman–Crippen LogP) is 9.30. The van der Waals surface area contributed by atoms with Crippen LogP contribution in [-0.4, -0.2) is 0 Å². The lowest BCUT2D eigenvalue weighted by molar-refractivity contribution is 0.460. The fourth-order valence-corrected chi connectivity index (χ4v) is 16.1. The zero-order chi connectivity index (χ0) is 34.6. The molecule has 1 aliphatic rings. The van der Waals surface area contributed by atoms with E-state index in [0.29, 0.717) is 45.7 Å². The van der Waals surface area contributed by atoms with Crippen LogP contribution in [0.25, 0.3) is 0 Å². The van der Waals surface area contributed by atoms with Crippen molar-refractivity contribution in [1.82, 2.24) is 0 Å². The van der Waals surface area contributed by atoms with Crippen molar-refractivity contribution in [2.75, 3.05) is 22.9 Å². The molecule has 0 fully saturated rings. The van der Waals surface area contributed by atoms with Crippen molar-refractivity contribution >= 4 is 55.9 Å². The smallest absolute Gasteiger partial charge is 0.413 e. The van der Waals surface area contributed by atoms with Crippen LogP contribution in [0.4, 0.5) is 22.7 Å². The lowest BCUT2D eigenvalue weighted by Crippen LogP contribution is -2.18. The van der Waals surface area contributed by atoms with Gasteiger partial charge in [-0.15, -0.1) is 0 Å². The average Bonchev–Trinajstić information content (AvgIpc) is 3.13. The van der Waals surface area contributed by atoms with E-state index in [1.165, 1.54) is 0 Å². The topological polar surface area (TPSA) is 178 Å². The van der Waals surface area contributed by atoms with Crippen molar-refractivity contribution in [3.63, 3.8) is 0 Å². The summed E-state index contributed by atoms with van der Waals surface area (Å²) in [6, 6.07) is 47.4. The average molecular weight is 722 g/mol. The Morgan fingerprint density at radius 2 is 0.600 bits per heavy atom. The summed E-state index contributed by atoms with van der Waals surface area (Å²) >= 11 is 0. The number of benzene rings is 6. The third kappa shape index (κ3) is 7.21. The van der Waals surface area contributed by atoms with E-state index < -0.39 is 22.5 Å². The summed E-state index contributed by atoms with van der Waals surface area (Å²) in [5, 5.41) is 1.64. The monoisotopic (exact) mass is 721 g/mol. The van der Waals surface area contributed by atoms with Gasteiger partial charge in [-0.3, -0.25) is 0 Å². The minimum atomic E-state index is -3.86. The Bertz CT molecular complexity index is 2030. The summed E-state index contributed by atoms with van der Waals surface area (Å²) in [7, 11) is -11.0. The molecule has 0 bridgehead atoms. The lowest BCUT2D eigenvalue weighted by Gasteiger charge is -2.34. The highest BCUT2D eigenvalue weighted by atomic mass is 31.3. The molecule has 0 saturated heterocycles. The van der Waals surface area contributed by atoms with Gasteiger partial charge in [-0.25, -0.2) is 0 Å². The van der Waals surface area contributed by atoms with E-state index in [0.717, 1.165) is 10.6 Å². The lowest BCUT2D eigenvalue weighted by atomic mass is 10.3. The Labute approximate surface area is 290 Å². The van der Waals surface area contributed by atoms with Crippen LogP contribution in [-0.2, 0) is 0 Å². The molecule has 6 aromatic carbocycles. The second-order valence-corrected chi connectivity index (χ2v) is 18.2. The molecular formula is C36H34N7O4P3. The van der Waals surface area contributed by atoms with Gasteiger partial charge in [0.05, 0.1) is 0 Å². The van der Waals surface area contributed by atoms with Gasteiger partial charge in [-0.05, 0) is 97.1 Å². The maximum Gasteiger partial charge on any atom is 0.455 e. The molecule has 14 heteroatoms. The molecule has 6 aromatic rings. The van der Waals surface area contributed by atoms with Gasteiger partial charge in [0.1, 0.15) is 23.0 Å². The first kappa shape index (κ1) is 32.9. The molecule has 0 radical (unpaired) electrons. The second kappa shape index (κ2) is 13.7. The van der Waals surface area contributed by atoms with Crippen molar-refractivity contribution in [3.05, 3.63) is 158 Å². The summed E-state index contributed by atoms with van der Waals surface area (Å²) in [5.74, 6) is 1.70. The number of hydrogen-bond acceptors (Lipinski definition) is 11. The van der Waals surface area contributed by atoms with Crippen LogP contribution in [0.3, 0.4) is 0 Å². The van der Waals surface area contributed by atoms with Gasteiger partial charge in [-0.2, -0.15) is 9.03 Å². The van der Waals surface area contributed by atoms with Gasteiger partial charge in [0.15, 0.2) is 7.21 Å². The van der Waals surface area contributed by atoms with Gasteiger partial charge < -0.3 is 41.0 Å². The maximum absolute atomic E-state index is 6.86. The van der Waals surface area contributed by atoms with E-state index in [1.54, 1.807) is 97.1 Å². The predicted molar refractivity (Wildman–Crippen MR) is 206 cm³/mol. The van der Waals surface area contributed by atoms with Crippen molar-refractivity contribution in [2.24, 2.45) is 13.5 Å². The van der Waals surface area contributed by atoms with Crippen LogP contribution in [0.1, 0.15) is 0 Å². The summed E-state index contributed by atoms with van der Waals surface area (Å²) < 4.78 is 43.8. The minimum Gasteiger partial charge on any atom is -0.413 e. The molecule has 11 nitrogen and oxygen atoms in total. The minimum absolute atomic E-state index is 0.426. The molecule has 7 rings (SSSR count). The standard InChI is InChI=1S/C36H34N7O4P3/c37-27-11-19-31(20-12-27)44-49(45-32-21-13-28(38)14-22-32)41-48(35-7-3-1-4-8-35,36-9-5-2-6-10-36)42-50(43-49,46-33-23-15-29(39)16-24-33)47-34-25-17-30(40)18-26-34/h1-26H,37-40H2. The number of nitrogens with two attached hydrogens (primary N) is 4. The van der Waals surface area contributed by atoms with Gasteiger partial charge in [0.2, 0.25) is 0 Å². The van der Waals surface area contributed by atoms with Crippen LogP contribution < -0.4 is 51.6 Å². The highest BCUT2D eigenvalue weighted by molar-refractivity contribution is 7.90. The molecule has 50 heavy (non-hydrogen) atoms. The number of rotatable bonds is 10. The van der Waals surface area contributed by atoms with Gasteiger partial charge in [-0.1, -0.05) is 65.2 Å². The van der Waals surface area contributed by atoms with Gasteiger partial charge in [0.25, 0.3) is 0 Å². The van der Waals surface area contributed by atoms with Crippen LogP contribution in [0.5, 0.6) is 23.0 Å². The SMILES string of the molecule is Nc1ccc(OP2(Oc3ccc(N)cc3)=NP(Oc3ccc(N)cc3)(Oc3ccc(N)cc3)=NP(c3ccccc3)(c3ccccc3)=N2)cc1. The molecule has 1 aliphatic heterocycles. The second-order valence-electron chi connectivity index (χ2n) is 11.2. The fourth-order valence-electron chi connectivity index (χ4n) is 5.00. The summed E-state index contributed by atoms with van der Waals surface area (Å²) in [5.41, 5.74) is 26.5. The molecule has 0 amide bonds. The molecule has 0 unspecified atom stereocenters. The zero-order valence-electron chi connectivity index (χ0n) is 26.6. The van der Waals surface area contributed by atoms with Crippen LogP contribution in [0, 0.1) is 0 Å². The summed E-state index contributed by atoms with van der Waals surface area (Å²) in [4.78, 5) is 0. The molecule has 0 spiro atoms. The highest BCUT2D eigenvalue weighted by Gasteiger charge is 2.46. The Hall–Kier alpha value is -5.59. The summed E-state index contributed by atoms with van der Waals surface area (Å²) in [6.07, 6.45) is 0. The Kier molecular flexibility index (Phi) is 9.04. The van der Waals surface area contributed by atoms with Gasteiger partial charge >= 0.3 is 15.3 Å². The first-order valence-electron chi connectivity index (χ1n) is 15.5. The van der Waals surface area contributed by atoms with E-state index >= 15 is 0 Å². The Morgan fingerprint density at radius 3 is 0.900 bits per heavy atom. The Morgan fingerprint density at radius 1 is 0.320 bits per heavy atom. The largest absolute Gasteiger partial charge is 0.455 e. The first-order chi connectivity index (χ1) is 24.2. The third-order valence-electron chi connectivity index (χ3n) is 7.36. The van der Waals surface area contributed by atoms with Crippen LogP contribution in [0.2, 0.25) is 0 Å². The molecule has 252 valence electrons. The fraction of sp³-hybridized carbons (Fsp3) is 0. The number of nitrogen functional groups attached to an aromatic ring is 4. The van der Waals surface area contributed by atoms with Gasteiger partial charge in [0, 0.05) is 33.4 Å². The van der Waals surface area contributed by atoms with Crippen molar-refractivity contribution in [3.8, 4) is 23.0 Å². The van der Waals surface area contributed by atoms with Crippen LogP contribution in [0.15, 0.2) is 171 Å². The van der Waals surface area contributed by atoms with Crippen molar-refractivity contribution < 1.29 is 18.1 Å². The van der Waals surface area contributed by atoms with E-state index in [2.05, 4.69) is 0 Å². The molecule has 0 aromatic heterocycles. The highest BCUT2D eigenvalue weighted by Crippen LogP contribution is 2.77. The quantitative estimate of drug-likeness (QED) is 0.0798. The van der Waals surface area contributed by atoms with E-state index in [1.807, 2.05) is 60.7 Å². The van der Waals surface area contributed by atoms with Crippen molar-refractivity contribution in [2.45, 2.75) is 0 Å². The van der Waals surface area contributed by atoms with Crippen molar-refractivity contribution in [1.29, 1.82) is 0 Å². The molecule has 8 N–H and O–H groups in total. The normalized spacial score (nSPS) is 15.3. The maximum atomic E-state index is 6.86. The van der Waals surface area contributed by atoms with E-state index in [-0.39, 0.29) is 0 Å². The number of nitrogens with zero attached hydrogens (tertiary/aromatic N) is 3.